The van der Waals surface area contributed by atoms with Crippen LogP contribution in [0, 0.1) is 0 Å². The lowest BCUT2D eigenvalue weighted by molar-refractivity contribution is 0.467. The Kier molecular flexibility index (Phi) is 4.19. The maximum Gasteiger partial charge on any atom is 0.0308 e. The monoisotopic (exact) mass is 279 g/mol. The van der Waals surface area contributed by atoms with Gasteiger partial charge in [-0.05, 0) is 37.8 Å². The van der Waals surface area contributed by atoms with Crippen LogP contribution in [0.3, 0.4) is 0 Å². The van der Waals surface area contributed by atoms with E-state index in [1.807, 2.05) is 0 Å². The molecule has 0 aromatic heterocycles. The van der Waals surface area contributed by atoms with E-state index < -0.39 is 0 Å². The fourth-order valence-electron chi connectivity index (χ4n) is 2.19. The van der Waals surface area contributed by atoms with E-state index in [2.05, 4.69) is 64.6 Å². The first-order valence-electron chi connectivity index (χ1n) is 5.94. The summed E-state index contributed by atoms with van der Waals surface area (Å²) in [4.78, 5) is 0. The number of halogens is 1. The molecule has 0 bridgehead atoms. The van der Waals surface area contributed by atoms with Crippen molar-refractivity contribution in [2.45, 2.75) is 38.3 Å². The molecule has 16 heavy (non-hydrogen) atoms. The number of hydrogen-bond acceptors (Lipinski definition) is 1. The summed E-state index contributed by atoms with van der Waals surface area (Å²) in [6, 6.07) is 9.35. The van der Waals surface area contributed by atoms with Crippen LogP contribution >= 0.6 is 15.9 Å². The average molecular weight is 280 g/mol. The summed E-state index contributed by atoms with van der Waals surface area (Å²) in [5.74, 6) is 0. The summed E-state index contributed by atoms with van der Waals surface area (Å²) < 4.78 is 1.19. The van der Waals surface area contributed by atoms with Gasteiger partial charge < -0.3 is 5.32 Å². The van der Waals surface area contributed by atoms with E-state index in [9.17, 15) is 0 Å². The lowest BCUT2D eigenvalue weighted by atomic mass is 10.0. The largest absolute Gasteiger partial charge is 0.304 e. The van der Waals surface area contributed by atoms with Crippen molar-refractivity contribution in [1.29, 1.82) is 0 Å². The lowest BCUT2D eigenvalue weighted by Crippen LogP contribution is -2.31. The highest BCUT2D eigenvalue weighted by molar-refractivity contribution is 9.10. The predicted octanol–water partition coefficient (Wildman–Crippen LogP) is 4.21. The van der Waals surface area contributed by atoms with Crippen LogP contribution in [0.5, 0.6) is 0 Å². The molecule has 1 N–H and O–H groups in total. The van der Waals surface area contributed by atoms with Crippen LogP contribution in [0.15, 0.2) is 40.9 Å². The molecular formula is C14H18BrN. The second-order valence-electron chi connectivity index (χ2n) is 4.38. The van der Waals surface area contributed by atoms with Crippen LogP contribution in [-0.2, 0) is 0 Å². The molecule has 0 aliphatic heterocycles. The van der Waals surface area contributed by atoms with Gasteiger partial charge in [-0.2, -0.15) is 0 Å². The number of nitrogens with one attached hydrogen (secondary N) is 1. The second kappa shape index (κ2) is 5.65. The molecule has 0 fully saturated rings. The molecule has 0 radical (unpaired) electrons. The first-order valence-corrected chi connectivity index (χ1v) is 6.74. The minimum absolute atomic E-state index is 0.392. The number of allylic oxidation sites excluding steroid dienone is 1. The third-order valence-corrected chi connectivity index (χ3v) is 3.81. The molecule has 1 aliphatic rings. The third kappa shape index (κ3) is 2.96. The molecule has 2 atom stereocenters. The van der Waals surface area contributed by atoms with Crippen LogP contribution in [-0.4, -0.2) is 6.04 Å². The van der Waals surface area contributed by atoms with Crippen LogP contribution in [0.2, 0.25) is 0 Å². The highest BCUT2D eigenvalue weighted by Crippen LogP contribution is 2.24. The SMILES string of the molecule is C[C@H](NC1C=CCCC1)c1ccccc1Br. The number of hydrogen-bond donors (Lipinski definition) is 1. The van der Waals surface area contributed by atoms with Gasteiger partial charge in [0.05, 0.1) is 0 Å². The fraction of sp³-hybridized carbons (Fsp3) is 0.429. The maximum absolute atomic E-state index is 3.66. The smallest absolute Gasteiger partial charge is 0.0308 e. The average Bonchev–Trinajstić information content (AvgIpc) is 2.31. The van der Waals surface area contributed by atoms with Gasteiger partial charge in [0.15, 0.2) is 0 Å². The molecule has 1 aromatic carbocycles. The molecule has 1 aliphatic carbocycles. The zero-order valence-electron chi connectivity index (χ0n) is 9.62. The molecule has 0 heterocycles. The zero-order valence-corrected chi connectivity index (χ0v) is 11.2. The molecule has 0 spiro atoms. The molecule has 1 nitrogen and oxygen atoms in total. The first kappa shape index (κ1) is 11.9. The Balaban J connectivity index is 2.02. The molecular weight excluding hydrogens is 262 g/mol. The Morgan fingerprint density at radius 1 is 1.38 bits per heavy atom. The standard InChI is InChI=1S/C14H18BrN/c1-11(13-9-5-6-10-14(13)15)16-12-7-3-2-4-8-12/h3,5-7,9-12,16H,2,4,8H2,1H3/t11-,12?/m0/s1. The lowest BCUT2D eigenvalue weighted by Gasteiger charge is -2.23. The molecule has 86 valence electrons. The van der Waals surface area contributed by atoms with Gasteiger partial charge in [-0.1, -0.05) is 46.3 Å². The molecule has 0 saturated heterocycles. The Hall–Kier alpha value is -0.600. The highest BCUT2D eigenvalue weighted by Gasteiger charge is 2.14. The van der Waals surface area contributed by atoms with Gasteiger partial charge in [-0.3, -0.25) is 0 Å². The summed E-state index contributed by atoms with van der Waals surface area (Å²) >= 11 is 3.60. The number of benzene rings is 1. The van der Waals surface area contributed by atoms with Crippen molar-refractivity contribution in [1.82, 2.24) is 5.32 Å². The van der Waals surface area contributed by atoms with E-state index >= 15 is 0 Å². The molecule has 2 rings (SSSR count). The van der Waals surface area contributed by atoms with E-state index in [1.165, 1.54) is 29.3 Å². The van der Waals surface area contributed by atoms with Crippen molar-refractivity contribution in [2.75, 3.05) is 0 Å². The van der Waals surface area contributed by atoms with Crippen LogP contribution in [0.25, 0.3) is 0 Å². The van der Waals surface area contributed by atoms with Gasteiger partial charge in [-0.15, -0.1) is 0 Å². The van der Waals surface area contributed by atoms with Crippen molar-refractivity contribution in [3.63, 3.8) is 0 Å². The minimum atomic E-state index is 0.392. The first-order chi connectivity index (χ1) is 7.77. The predicted molar refractivity (Wildman–Crippen MR) is 72.5 cm³/mol. The Bertz CT molecular complexity index is 373. The van der Waals surface area contributed by atoms with Gasteiger partial charge in [0.1, 0.15) is 0 Å². The molecule has 1 aromatic rings. The van der Waals surface area contributed by atoms with Gasteiger partial charge in [0, 0.05) is 16.6 Å². The Morgan fingerprint density at radius 2 is 2.19 bits per heavy atom. The Morgan fingerprint density at radius 3 is 2.88 bits per heavy atom. The van der Waals surface area contributed by atoms with Crippen molar-refractivity contribution in [2.24, 2.45) is 0 Å². The molecule has 1 unspecified atom stereocenters. The van der Waals surface area contributed by atoms with E-state index in [1.54, 1.807) is 0 Å². The normalized spacial score (nSPS) is 22.0. The van der Waals surface area contributed by atoms with Gasteiger partial charge in [-0.25, -0.2) is 0 Å². The summed E-state index contributed by atoms with van der Waals surface area (Å²) in [7, 11) is 0. The van der Waals surface area contributed by atoms with E-state index in [0.29, 0.717) is 12.1 Å². The van der Waals surface area contributed by atoms with Crippen molar-refractivity contribution < 1.29 is 0 Å². The Labute approximate surface area is 106 Å². The van der Waals surface area contributed by atoms with Crippen LogP contribution < -0.4 is 5.32 Å². The molecule has 0 saturated carbocycles. The quantitative estimate of drug-likeness (QED) is 0.818. The van der Waals surface area contributed by atoms with Gasteiger partial charge in [0.25, 0.3) is 0 Å². The van der Waals surface area contributed by atoms with E-state index in [0.717, 1.165) is 0 Å². The van der Waals surface area contributed by atoms with Crippen LogP contribution in [0.4, 0.5) is 0 Å². The summed E-state index contributed by atoms with van der Waals surface area (Å²) in [6.45, 7) is 2.22. The fourth-order valence-corrected chi connectivity index (χ4v) is 2.82. The van der Waals surface area contributed by atoms with Crippen molar-refractivity contribution >= 4 is 15.9 Å². The molecule has 0 amide bonds. The molecule has 2 heteroatoms. The van der Waals surface area contributed by atoms with Gasteiger partial charge in [0.2, 0.25) is 0 Å². The van der Waals surface area contributed by atoms with Gasteiger partial charge >= 0.3 is 0 Å². The van der Waals surface area contributed by atoms with E-state index in [4.69, 9.17) is 0 Å². The highest BCUT2D eigenvalue weighted by atomic mass is 79.9. The minimum Gasteiger partial charge on any atom is -0.304 e. The summed E-state index contributed by atoms with van der Waals surface area (Å²) in [5, 5.41) is 3.66. The van der Waals surface area contributed by atoms with Crippen molar-refractivity contribution in [3.8, 4) is 0 Å². The maximum atomic E-state index is 3.66. The third-order valence-electron chi connectivity index (χ3n) is 3.09. The van der Waals surface area contributed by atoms with E-state index in [-0.39, 0.29) is 0 Å². The topological polar surface area (TPSA) is 12.0 Å². The number of rotatable bonds is 3. The van der Waals surface area contributed by atoms with Crippen molar-refractivity contribution in [3.05, 3.63) is 46.5 Å². The second-order valence-corrected chi connectivity index (χ2v) is 5.23. The summed E-state index contributed by atoms with van der Waals surface area (Å²) in [5.41, 5.74) is 1.33. The van der Waals surface area contributed by atoms with Crippen LogP contribution in [0.1, 0.15) is 37.8 Å². The zero-order chi connectivity index (χ0) is 11.4. The summed E-state index contributed by atoms with van der Waals surface area (Å²) in [6.07, 6.45) is 8.38.